The summed E-state index contributed by atoms with van der Waals surface area (Å²) in [7, 11) is 0. The minimum absolute atomic E-state index is 0.349. The van der Waals surface area contributed by atoms with Gasteiger partial charge in [-0.1, -0.05) is 12.1 Å². The molecule has 0 spiro atoms. The lowest BCUT2D eigenvalue weighted by atomic mass is 9.91. The van der Waals surface area contributed by atoms with Crippen molar-refractivity contribution in [3.8, 4) is 11.3 Å². The largest absolute Gasteiger partial charge is 0.382 e. The number of hydrogen-bond donors (Lipinski definition) is 3. The second-order valence-corrected chi connectivity index (χ2v) is 5.32. The molecule has 1 aliphatic carbocycles. The summed E-state index contributed by atoms with van der Waals surface area (Å²) in [5, 5.41) is 10.6. The van der Waals surface area contributed by atoms with Crippen LogP contribution in [-0.4, -0.2) is 22.3 Å². The van der Waals surface area contributed by atoms with Crippen LogP contribution in [0.3, 0.4) is 0 Å². The van der Waals surface area contributed by atoms with Gasteiger partial charge < -0.3 is 11.1 Å². The fraction of sp³-hybridized carbons (Fsp3) is 0.400. The van der Waals surface area contributed by atoms with E-state index in [0.29, 0.717) is 12.1 Å². The maximum absolute atomic E-state index is 6.03. The van der Waals surface area contributed by atoms with Crippen LogP contribution >= 0.6 is 0 Å². The molecule has 0 aliphatic heterocycles. The SMILES string of the molecule is NC1CCCC(Nc2cccc(-c3ccn[nH]3)c2)C1. The Balaban J connectivity index is 1.73. The quantitative estimate of drug-likeness (QED) is 0.791. The number of H-pyrrole nitrogens is 1. The van der Waals surface area contributed by atoms with Crippen molar-refractivity contribution >= 4 is 5.69 Å². The molecule has 0 amide bonds. The van der Waals surface area contributed by atoms with Crippen LogP contribution in [0.5, 0.6) is 0 Å². The number of nitrogens with two attached hydrogens (primary N) is 1. The van der Waals surface area contributed by atoms with Gasteiger partial charge in [-0.2, -0.15) is 5.10 Å². The highest BCUT2D eigenvalue weighted by atomic mass is 15.1. The van der Waals surface area contributed by atoms with Gasteiger partial charge in [0.25, 0.3) is 0 Å². The summed E-state index contributed by atoms with van der Waals surface area (Å²) in [5.74, 6) is 0. The number of rotatable bonds is 3. The Kier molecular flexibility index (Phi) is 3.51. The molecule has 3 rings (SSSR count). The van der Waals surface area contributed by atoms with Crippen LogP contribution in [0.1, 0.15) is 25.7 Å². The van der Waals surface area contributed by atoms with Gasteiger partial charge in [-0.15, -0.1) is 0 Å². The average Bonchev–Trinajstić information content (AvgIpc) is 2.93. The van der Waals surface area contributed by atoms with Crippen LogP contribution < -0.4 is 11.1 Å². The average molecular weight is 256 g/mol. The fourth-order valence-electron chi connectivity index (χ4n) is 2.79. The maximum atomic E-state index is 6.03. The van der Waals surface area contributed by atoms with E-state index < -0.39 is 0 Å². The highest BCUT2D eigenvalue weighted by molar-refractivity contribution is 5.64. The number of benzene rings is 1. The van der Waals surface area contributed by atoms with Crippen LogP contribution in [0.15, 0.2) is 36.5 Å². The van der Waals surface area contributed by atoms with Gasteiger partial charge in [0.2, 0.25) is 0 Å². The van der Waals surface area contributed by atoms with E-state index in [4.69, 9.17) is 5.73 Å². The summed E-state index contributed by atoms with van der Waals surface area (Å²) < 4.78 is 0. The Bertz CT molecular complexity index is 521. The summed E-state index contributed by atoms with van der Waals surface area (Å²) in [6.07, 6.45) is 6.43. The first kappa shape index (κ1) is 12.2. The molecule has 2 unspecified atom stereocenters. The van der Waals surface area contributed by atoms with E-state index in [1.54, 1.807) is 6.20 Å². The van der Waals surface area contributed by atoms with Crippen molar-refractivity contribution < 1.29 is 0 Å². The number of nitrogens with zero attached hydrogens (tertiary/aromatic N) is 1. The van der Waals surface area contributed by atoms with Gasteiger partial charge in [0.15, 0.2) is 0 Å². The molecular formula is C15H20N4. The lowest BCUT2D eigenvalue weighted by Crippen LogP contribution is -2.34. The maximum Gasteiger partial charge on any atom is 0.0650 e. The first-order valence-electron chi connectivity index (χ1n) is 6.93. The molecule has 0 saturated heterocycles. The van der Waals surface area contributed by atoms with E-state index in [0.717, 1.165) is 29.8 Å². The first-order chi connectivity index (χ1) is 9.31. The molecule has 0 radical (unpaired) electrons. The normalized spacial score (nSPS) is 23.2. The number of hydrogen-bond acceptors (Lipinski definition) is 3. The Morgan fingerprint density at radius 3 is 3.00 bits per heavy atom. The zero-order chi connectivity index (χ0) is 13.1. The molecule has 2 aromatic rings. The van der Waals surface area contributed by atoms with Crippen LogP contribution in [0, 0.1) is 0 Å². The van der Waals surface area contributed by atoms with Gasteiger partial charge in [0, 0.05) is 29.5 Å². The predicted molar refractivity (Wildman–Crippen MR) is 77.9 cm³/mol. The van der Waals surface area contributed by atoms with Crippen molar-refractivity contribution in [3.63, 3.8) is 0 Å². The Morgan fingerprint density at radius 2 is 2.21 bits per heavy atom. The van der Waals surface area contributed by atoms with E-state index >= 15 is 0 Å². The molecule has 19 heavy (non-hydrogen) atoms. The summed E-state index contributed by atoms with van der Waals surface area (Å²) >= 11 is 0. The minimum atomic E-state index is 0.349. The molecule has 1 aliphatic rings. The lowest BCUT2D eigenvalue weighted by molar-refractivity contribution is 0.409. The molecular weight excluding hydrogens is 236 g/mol. The highest BCUT2D eigenvalue weighted by Crippen LogP contribution is 2.24. The van der Waals surface area contributed by atoms with E-state index in [1.807, 2.05) is 6.07 Å². The van der Waals surface area contributed by atoms with E-state index in [9.17, 15) is 0 Å². The number of aromatic amines is 1. The van der Waals surface area contributed by atoms with Crippen LogP contribution in [0.2, 0.25) is 0 Å². The Labute approximate surface area is 113 Å². The molecule has 2 atom stereocenters. The zero-order valence-electron chi connectivity index (χ0n) is 11.0. The molecule has 4 nitrogen and oxygen atoms in total. The standard InChI is InChI=1S/C15H20N4/c16-12-4-2-6-14(10-12)18-13-5-1-3-11(9-13)15-7-8-17-19-15/h1,3,5,7-9,12,14,18H,2,4,6,10,16H2,(H,17,19). The molecule has 100 valence electrons. The third-order valence-electron chi connectivity index (χ3n) is 3.76. The molecule has 1 aromatic carbocycles. The smallest absolute Gasteiger partial charge is 0.0650 e. The van der Waals surface area contributed by atoms with Crippen molar-refractivity contribution in [2.45, 2.75) is 37.8 Å². The molecule has 4 heteroatoms. The van der Waals surface area contributed by atoms with Crippen molar-refractivity contribution in [2.24, 2.45) is 5.73 Å². The van der Waals surface area contributed by atoms with Gasteiger partial charge in [0.05, 0.1) is 5.69 Å². The molecule has 1 fully saturated rings. The molecule has 1 saturated carbocycles. The molecule has 1 aromatic heterocycles. The first-order valence-corrected chi connectivity index (χ1v) is 6.93. The monoisotopic (exact) mass is 256 g/mol. The van der Waals surface area contributed by atoms with Gasteiger partial charge in [-0.05, 0) is 43.9 Å². The van der Waals surface area contributed by atoms with Crippen molar-refractivity contribution in [2.75, 3.05) is 5.32 Å². The predicted octanol–water partition coefficient (Wildman–Crippen LogP) is 2.76. The molecule has 4 N–H and O–H groups in total. The second kappa shape index (κ2) is 5.45. The van der Waals surface area contributed by atoms with Crippen molar-refractivity contribution in [3.05, 3.63) is 36.5 Å². The highest BCUT2D eigenvalue weighted by Gasteiger charge is 2.18. The van der Waals surface area contributed by atoms with Crippen LogP contribution in [-0.2, 0) is 0 Å². The second-order valence-electron chi connectivity index (χ2n) is 5.32. The Hall–Kier alpha value is -1.81. The summed E-state index contributed by atoms with van der Waals surface area (Å²) in [6.45, 7) is 0. The van der Waals surface area contributed by atoms with Gasteiger partial charge in [-0.25, -0.2) is 0 Å². The van der Waals surface area contributed by atoms with Gasteiger partial charge >= 0.3 is 0 Å². The summed E-state index contributed by atoms with van der Waals surface area (Å²) in [5.41, 5.74) is 9.39. The lowest BCUT2D eigenvalue weighted by Gasteiger charge is -2.28. The third-order valence-corrected chi connectivity index (χ3v) is 3.76. The minimum Gasteiger partial charge on any atom is -0.382 e. The number of anilines is 1. The van der Waals surface area contributed by atoms with E-state index in [-0.39, 0.29) is 0 Å². The van der Waals surface area contributed by atoms with Crippen molar-refractivity contribution in [1.29, 1.82) is 0 Å². The zero-order valence-corrected chi connectivity index (χ0v) is 11.0. The number of nitrogens with one attached hydrogen (secondary N) is 2. The van der Waals surface area contributed by atoms with Gasteiger partial charge in [0.1, 0.15) is 0 Å². The molecule has 0 bridgehead atoms. The topological polar surface area (TPSA) is 66.7 Å². The Morgan fingerprint density at radius 1 is 1.26 bits per heavy atom. The van der Waals surface area contributed by atoms with E-state index in [2.05, 4.69) is 39.8 Å². The van der Waals surface area contributed by atoms with Crippen molar-refractivity contribution in [1.82, 2.24) is 10.2 Å². The van der Waals surface area contributed by atoms with Gasteiger partial charge in [-0.3, -0.25) is 5.10 Å². The summed E-state index contributed by atoms with van der Waals surface area (Å²) in [6, 6.07) is 11.3. The van der Waals surface area contributed by atoms with E-state index in [1.165, 1.54) is 12.8 Å². The molecule has 1 heterocycles. The third kappa shape index (κ3) is 2.96. The van der Waals surface area contributed by atoms with Crippen LogP contribution in [0.4, 0.5) is 5.69 Å². The fourth-order valence-corrected chi connectivity index (χ4v) is 2.79. The van der Waals surface area contributed by atoms with Crippen LogP contribution in [0.25, 0.3) is 11.3 Å². The summed E-state index contributed by atoms with van der Waals surface area (Å²) in [4.78, 5) is 0. The number of aromatic nitrogens is 2.